The van der Waals surface area contributed by atoms with E-state index in [2.05, 4.69) is 14.9 Å². The predicted molar refractivity (Wildman–Crippen MR) is 87.9 cm³/mol. The number of aliphatic hydroxyl groups excluding tert-OH is 1. The van der Waals surface area contributed by atoms with Crippen molar-refractivity contribution in [2.24, 2.45) is 0 Å². The topological polar surface area (TPSA) is 49.2 Å². The number of hydrogen-bond acceptors (Lipinski definition) is 4. The van der Waals surface area contributed by atoms with Crippen LogP contribution in [0.25, 0.3) is 12.2 Å². The Morgan fingerprint density at radius 3 is 1.86 bits per heavy atom. The number of aromatic nitrogens is 2. The third kappa shape index (κ3) is 3.47. The van der Waals surface area contributed by atoms with Crippen molar-refractivity contribution in [2.75, 3.05) is 20.1 Å². The molecule has 1 aliphatic heterocycles. The SMILES string of the molecule is CN1C/C(=C\c2ccccn2)C(O)/C(=C/c2ccccn2)C1. The van der Waals surface area contributed by atoms with Crippen molar-refractivity contribution < 1.29 is 5.11 Å². The van der Waals surface area contributed by atoms with E-state index in [9.17, 15) is 5.11 Å². The van der Waals surface area contributed by atoms with Crippen LogP contribution in [0.4, 0.5) is 0 Å². The summed E-state index contributed by atoms with van der Waals surface area (Å²) in [5, 5.41) is 10.7. The summed E-state index contributed by atoms with van der Waals surface area (Å²) in [5.74, 6) is 0. The van der Waals surface area contributed by atoms with Gasteiger partial charge in [0.25, 0.3) is 0 Å². The van der Waals surface area contributed by atoms with Crippen LogP contribution in [-0.4, -0.2) is 46.2 Å². The van der Waals surface area contributed by atoms with Gasteiger partial charge in [-0.3, -0.25) is 14.9 Å². The van der Waals surface area contributed by atoms with Gasteiger partial charge in [0.2, 0.25) is 0 Å². The van der Waals surface area contributed by atoms with E-state index in [1.54, 1.807) is 12.4 Å². The van der Waals surface area contributed by atoms with E-state index in [4.69, 9.17) is 0 Å². The molecule has 0 amide bonds. The summed E-state index contributed by atoms with van der Waals surface area (Å²) in [4.78, 5) is 10.8. The highest BCUT2D eigenvalue weighted by atomic mass is 16.3. The molecule has 22 heavy (non-hydrogen) atoms. The van der Waals surface area contributed by atoms with Crippen LogP contribution < -0.4 is 0 Å². The molecule has 1 saturated heterocycles. The first kappa shape index (κ1) is 14.6. The molecule has 1 fully saturated rings. The Bertz CT molecular complexity index is 620. The Kier molecular flexibility index (Phi) is 4.42. The molecule has 0 spiro atoms. The third-order valence-corrected chi connectivity index (χ3v) is 3.65. The van der Waals surface area contributed by atoms with E-state index in [0.717, 1.165) is 35.6 Å². The minimum absolute atomic E-state index is 0.583. The Morgan fingerprint density at radius 2 is 1.45 bits per heavy atom. The highest BCUT2D eigenvalue weighted by molar-refractivity contribution is 5.58. The smallest absolute Gasteiger partial charge is 0.0993 e. The normalized spacial score (nSPS) is 23.1. The number of nitrogens with zero attached hydrogens (tertiary/aromatic N) is 3. The first-order chi connectivity index (χ1) is 10.7. The fourth-order valence-electron chi connectivity index (χ4n) is 2.64. The maximum absolute atomic E-state index is 10.7. The van der Waals surface area contributed by atoms with Crippen molar-refractivity contribution in [3.63, 3.8) is 0 Å². The molecule has 0 unspecified atom stereocenters. The summed E-state index contributed by atoms with van der Waals surface area (Å²) in [5.41, 5.74) is 3.64. The number of rotatable bonds is 2. The van der Waals surface area contributed by atoms with Crippen LogP contribution in [-0.2, 0) is 0 Å². The van der Waals surface area contributed by atoms with Gasteiger partial charge in [0.05, 0.1) is 17.5 Å². The molecule has 4 nitrogen and oxygen atoms in total. The Hall–Kier alpha value is -2.30. The number of pyridine rings is 2. The van der Waals surface area contributed by atoms with Gasteiger partial charge < -0.3 is 5.11 Å². The zero-order chi connectivity index (χ0) is 15.4. The van der Waals surface area contributed by atoms with Gasteiger partial charge in [-0.2, -0.15) is 0 Å². The van der Waals surface area contributed by atoms with Gasteiger partial charge in [-0.15, -0.1) is 0 Å². The molecule has 0 bridgehead atoms. The second-order valence-corrected chi connectivity index (χ2v) is 5.52. The third-order valence-electron chi connectivity index (χ3n) is 3.65. The lowest BCUT2D eigenvalue weighted by atomic mass is 9.94. The number of piperidine rings is 1. The maximum Gasteiger partial charge on any atom is 0.0993 e. The monoisotopic (exact) mass is 293 g/mol. The average molecular weight is 293 g/mol. The molecule has 0 radical (unpaired) electrons. The molecular weight excluding hydrogens is 274 g/mol. The van der Waals surface area contributed by atoms with Crippen molar-refractivity contribution in [1.82, 2.24) is 14.9 Å². The van der Waals surface area contributed by atoms with Crippen molar-refractivity contribution >= 4 is 12.2 Å². The summed E-state index contributed by atoms with van der Waals surface area (Å²) in [6, 6.07) is 11.6. The molecule has 2 aromatic rings. The number of likely N-dealkylation sites (tertiary alicyclic amines) is 1. The molecule has 3 rings (SSSR count). The fourth-order valence-corrected chi connectivity index (χ4v) is 2.64. The minimum Gasteiger partial charge on any atom is -0.384 e. The van der Waals surface area contributed by atoms with Crippen molar-refractivity contribution in [2.45, 2.75) is 6.10 Å². The largest absolute Gasteiger partial charge is 0.384 e. The molecule has 0 aromatic carbocycles. The van der Waals surface area contributed by atoms with E-state index in [1.165, 1.54) is 0 Å². The second kappa shape index (κ2) is 6.64. The minimum atomic E-state index is -0.583. The summed E-state index contributed by atoms with van der Waals surface area (Å²) in [7, 11) is 2.05. The molecule has 1 N–H and O–H groups in total. The number of aliphatic hydroxyl groups is 1. The van der Waals surface area contributed by atoms with Crippen LogP contribution in [0.1, 0.15) is 11.4 Å². The Morgan fingerprint density at radius 1 is 0.955 bits per heavy atom. The van der Waals surface area contributed by atoms with E-state index in [-0.39, 0.29) is 0 Å². The maximum atomic E-state index is 10.7. The van der Waals surface area contributed by atoms with Crippen molar-refractivity contribution in [3.8, 4) is 0 Å². The van der Waals surface area contributed by atoms with Crippen LogP contribution in [0, 0.1) is 0 Å². The summed E-state index contributed by atoms with van der Waals surface area (Å²) in [6.07, 6.45) is 6.87. The van der Waals surface area contributed by atoms with E-state index in [1.807, 2.05) is 55.6 Å². The lowest BCUT2D eigenvalue weighted by molar-refractivity contribution is 0.198. The van der Waals surface area contributed by atoms with Gasteiger partial charge in [-0.1, -0.05) is 12.1 Å². The molecule has 0 saturated carbocycles. The van der Waals surface area contributed by atoms with Crippen LogP contribution in [0.3, 0.4) is 0 Å². The van der Waals surface area contributed by atoms with Crippen LogP contribution >= 0.6 is 0 Å². The fraction of sp³-hybridized carbons (Fsp3) is 0.222. The summed E-state index contributed by atoms with van der Waals surface area (Å²) >= 11 is 0. The van der Waals surface area contributed by atoms with E-state index >= 15 is 0 Å². The molecule has 2 aromatic heterocycles. The van der Waals surface area contributed by atoms with Crippen molar-refractivity contribution in [3.05, 3.63) is 71.3 Å². The summed E-state index contributed by atoms with van der Waals surface area (Å²) < 4.78 is 0. The zero-order valence-electron chi connectivity index (χ0n) is 12.6. The summed E-state index contributed by atoms with van der Waals surface area (Å²) in [6.45, 7) is 1.47. The lowest BCUT2D eigenvalue weighted by Crippen LogP contribution is -2.37. The zero-order valence-corrected chi connectivity index (χ0v) is 12.6. The molecular formula is C18H19N3O. The highest BCUT2D eigenvalue weighted by Gasteiger charge is 2.24. The van der Waals surface area contributed by atoms with Gasteiger partial charge >= 0.3 is 0 Å². The van der Waals surface area contributed by atoms with Gasteiger partial charge in [0.1, 0.15) is 0 Å². The predicted octanol–water partition coefficient (Wildman–Crippen LogP) is 2.25. The first-order valence-corrected chi connectivity index (χ1v) is 7.32. The Labute approximate surface area is 130 Å². The Balaban J connectivity index is 1.90. The molecule has 0 atom stereocenters. The molecule has 0 aliphatic carbocycles. The molecule has 4 heteroatoms. The van der Waals surface area contributed by atoms with Gasteiger partial charge in [-0.05, 0) is 54.6 Å². The first-order valence-electron chi connectivity index (χ1n) is 7.32. The van der Waals surface area contributed by atoms with Crippen LogP contribution in [0.15, 0.2) is 59.9 Å². The lowest BCUT2D eigenvalue weighted by Gasteiger charge is -2.31. The molecule has 112 valence electrons. The number of hydrogen-bond donors (Lipinski definition) is 1. The van der Waals surface area contributed by atoms with Crippen molar-refractivity contribution in [1.29, 1.82) is 0 Å². The molecule has 3 heterocycles. The standard InChI is InChI=1S/C18H19N3O/c1-21-12-14(10-16-6-2-4-8-19-16)18(22)15(13-21)11-17-7-3-5-9-20-17/h2-11,18,22H,12-13H2,1H3/b14-10+,15-11+. The highest BCUT2D eigenvalue weighted by Crippen LogP contribution is 2.23. The second-order valence-electron chi connectivity index (χ2n) is 5.52. The average Bonchev–Trinajstić information content (AvgIpc) is 2.54. The van der Waals surface area contributed by atoms with E-state index < -0.39 is 6.10 Å². The molecule has 1 aliphatic rings. The van der Waals surface area contributed by atoms with Crippen LogP contribution in [0.5, 0.6) is 0 Å². The quantitative estimate of drug-likeness (QED) is 0.922. The van der Waals surface area contributed by atoms with Gasteiger partial charge in [-0.25, -0.2) is 0 Å². The van der Waals surface area contributed by atoms with Crippen LogP contribution in [0.2, 0.25) is 0 Å². The van der Waals surface area contributed by atoms with Gasteiger partial charge in [0, 0.05) is 25.5 Å². The van der Waals surface area contributed by atoms with E-state index in [0.29, 0.717) is 0 Å². The number of likely N-dealkylation sites (N-methyl/N-ethyl adjacent to an activating group) is 1. The van der Waals surface area contributed by atoms with Gasteiger partial charge in [0.15, 0.2) is 0 Å².